The first-order chi connectivity index (χ1) is 10.6. The molecule has 1 aromatic rings. The van der Waals surface area contributed by atoms with Crippen molar-refractivity contribution < 1.29 is 9.59 Å². The second-order valence-corrected chi connectivity index (χ2v) is 6.24. The van der Waals surface area contributed by atoms with Gasteiger partial charge in [0.2, 0.25) is 11.6 Å². The zero-order valence-corrected chi connectivity index (χ0v) is 13.2. The maximum Gasteiger partial charge on any atom is 0.229 e. The number of rotatable bonds is 5. The molecule has 1 saturated carbocycles. The van der Waals surface area contributed by atoms with Crippen molar-refractivity contribution in [1.29, 1.82) is 0 Å². The fourth-order valence-corrected chi connectivity index (χ4v) is 3.28. The number of ketones is 2. The summed E-state index contributed by atoms with van der Waals surface area (Å²) in [5, 5.41) is 0. The quantitative estimate of drug-likeness (QED) is 0.476. The molecule has 0 N–H and O–H groups in total. The highest BCUT2D eigenvalue weighted by atomic mass is 16.2. The van der Waals surface area contributed by atoms with Crippen LogP contribution in [0.25, 0.3) is 0 Å². The van der Waals surface area contributed by atoms with Crippen LogP contribution in [0.5, 0.6) is 0 Å². The topological polar surface area (TPSA) is 37.4 Å². The average Bonchev–Trinajstić information content (AvgIpc) is 3.29. The molecule has 3 nitrogen and oxygen atoms in total. The van der Waals surface area contributed by atoms with Gasteiger partial charge in [0.25, 0.3) is 0 Å². The van der Waals surface area contributed by atoms with Gasteiger partial charge in [0.05, 0.1) is 6.54 Å². The minimum Gasteiger partial charge on any atom is -0.290 e. The molecule has 2 aliphatic carbocycles. The van der Waals surface area contributed by atoms with E-state index in [-0.39, 0.29) is 17.5 Å². The van der Waals surface area contributed by atoms with E-state index in [1.54, 1.807) is 0 Å². The van der Waals surface area contributed by atoms with Crippen LogP contribution < -0.4 is 0 Å². The van der Waals surface area contributed by atoms with Crippen LogP contribution in [0.2, 0.25) is 0 Å². The molecule has 0 saturated heterocycles. The molecule has 0 radical (unpaired) electrons. The van der Waals surface area contributed by atoms with Crippen LogP contribution in [-0.4, -0.2) is 30.1 Å². The molecule has 1 fully saturated rings. The van der Waals surface area contributed by atoms with Crippen molar-refractivity contribution in [3.63, 3.8) is 0 Å². The highest BCUT2D eigenvalue weighted by Gasteiger charge is 2.37. The summed E-state index contributed by atoms with van der Waals surface area (Å²) in [5.41, 5.74) is 2.89. The lowest BCUT2D eigenvalue weighted by Crippen LogP contribution is -2.23. The maximum absolute atomic E-state index is 12.4. The first-order valence-corrected chi connectivity index (χ1v) is 7.93. The minimum absolute atomic E-state index is 0.0111. The van der Waals surface area contributed by atoms with E-state index < -0.39 is 0 Å². The second kappa shape index (κ2) is 6.06. The normalized spacial score (nSPS) is 19.5. The van der Waals surface area contributed by atoms with Gasteiger partial charge in [-0.1, -0.05) is 24.1 Å². The number of fused-ring (bicyclic) bond motifs is 1. The Morgan fingerprint density at radius 3 is 2.73 bits per heavy atom. The molecule has 0 heterocycles. The number of nitrogens with zero attached hydrogens (tertiary/aromatic N) is 1. The molecule has 3 heteroatoms. The van der Waals surface area contributed by atoms with Crippen LogP contribution in [0.1, 0.15) is 53.7 Å². The summed E-state index contributed by atoms with van der Waals surface area (Å²) in [7, 11) is 2.06. The Hall–Kier alpha value is -1.92. The van der Waals surface area contributed by atoms with E-state index in [1.165, 1.54) is 5.56 Å². The fraction of sp³-hybridized carbons (Fsp3) is 0.474. The van der Waals surface area contributed by atoms with E-state index in [9.17, 15) is 9.59 Å². The standard InChI is InChI=1S/C19H21NO2/c1-3-4-12-20(2)17-11-10-14-15(17)6-5-7-16(14)19(22)18(21)13-8-9-13/h5-7,13,17H,8-12H2,1-2H3. The third-order valence-corrected chi connectivity index (χ3v) is 4.69. The predicted molar refractivity (Wildman–Crippen MR) is 85.6 cm³/mol. The zero-order valence-electron chi connectivity index (χ0n) is 13.2. The van der Waals surface area contributed by atoms with Crippen LogP contribution in [0, 0.1) is 17.8 Å². The average molecular weight is 295 g/mol. The molecule has 22 heavy (non-hydrogen) atoms. The van der Waals surface area contributed by atoms with E-state index in [0.29, 0.717) is 11.6 Å². The Labute approximate surface area is 131 Å². The summed E-state index contributed by atoms with van der Waals surface area (Å²) >= 11 is 0. The van der Waals surface area contributed by atoms with Gasteiger partial charge in [-0.25, -0.2) is 0 Å². The lowest BCUT2D eigenvalue weighted by atomic mass is 9.96. The number of Topliss-reactive ketones (excluding diaryl/α,β-unsaturated/α-hetero) is 2. The summed E-state index contributed by atoms with van der Waals surface area (Å²) in [4.78, 5) is 26.8. The highest BCUT2D eigenvalue weighted by Crippen LogP contribution is 2.38. The Kier molecular flexibility index (Phi) is 4.13. The first kappa shape index (κ1) is 15.0. The summed E-state index contributed by atoms with van der Waals surface area (Å²) < 4.78 is 0. The fourth-order valence-electron chi connectivity index (χ4n) is 3.28. The minimum atomic E-state index is -0.281. The molecule has 0 spiro atoms. The van der Waals surface area contributed by atoms with Gasteiger partial charge in [0.1, 0.15) is 0 Å². The number of hydrogen-bond acceptors (Lipinski definition) is 3. The summed E-state index contributed by atoms with van der Waals surface area (Å²) in [6.07, 6.45) is 3.60. The molecule has 0 aromatic heterocycles. The van der Waals surface area contributed by atoms with Crippen molar-refractivity contribution in [2.24, 2.45) is 5.92 Å². The van der Waals surface area contributed by atoms with Gasteiger partial charge < -0.3 is 0 Å². The van der Waals surface area contributed by atoms with E-state index >= 15 is 0 Å². The molecule has 1 atom stereocenters. The van der Waals surface area contributed by atoms with Gasteiger partial charge in [-0.2, -0.15) is 0 Å². The lowest BCUT2D eigenvalue weighted by Gasteiger charge is -2.23. The summed E-state index contributed by atoms with van der Waals surface area (Å²) in [6, 6.07) is 6.10. The Bertz CT molecular complexity index is 676. The summed E-state index contributed by atoms with van der Waals surface area (Å²) in [5.74, 6) is 5.52. The van der Waals surface area contributed by atoms with Gasteiger partial charge in [-0.15, -0.1) is 5.92 Å². The van der Waals surface area contributed by atoms with E-state index in [1.807, 2.05) is 19.1 Å². The molecule has 114 valence electrons. The third-order valence-electron chi connectivity index (χ3n) is 4.69. The number of hydrogen-bond donors (Lipinski definition) is 0. The number of carbonyl (C=O) groups is 2. The Balaban J connectivity index is 1.87. The van der Waals surface area contributed by atoms with E-state index in [2.05, 4.69) is 29.9 Å². The molecular formula is C19H21NO2. The SMILES string of the molecule is CC#CCN(C)C1CCc2c(C(=O)C(=O)C3CC3)cccc21. The largest absolute Gasteiger partial charge is 0.290 e. The molecule has 2 aliphatic rings. The number of benzene rings is 1. The van der Waals surface area contributed by atoms with Gasteiger partial charge in [0, 0.05) is 17.5 Å². The van der Waals surface area contributed by atoms with Crippen LogP contribution >= 0.6 is 0 Å². The predicted octanol–water partition coefficient (Wildman–Crippen LogP) is 2.79. The smallest absolute Gasteiger partial charge is 0.229 e. The van der Waals surface area contributed by atoms with Crippen LogP contribution in [0.15, 0.2) is 18.2 Å². The van der Waals surface area contributed by atoms with Crippen LogP contribution in [0.3, 0.4) is 0 Å². The van der Waals surface area contributed by atoms with E-state index in [0.717, 1.165) is 37.8 Å². The molecular weight excluding hydrogens is 274 g/mol. The van der Waals surface area contributed by atoms with Gasteiger partial charge in [-0.3, -0.25) is 14.5 Å². The number of carbonyl (C=O) groups excluding carboxylic acids is 2. The second-order valence-electron chi connectivity index (χ2n) is 6.24. The van der Waals surface area contributed by atoms with Crippen LogP contribution in [0.4, 0.5) is 0 Å². The van der Waals surface area contributed by atoms with E-state index in [4.69, 9.17) is 0 Å². The molecule has 3 rings (SSSR count). The van der Waals surface area contributed by atoms with Crippen molar-refractivity contribution in [3.05, 3.63) is 34.9 Å². The Morgan fingerprint density at radius 2 is 2.05 bits per heavy atom. The molecule has 1 aromatic carbocycles. The third kappa shape index (κ3) is 2.71. The first-order valence-electron chi connectivity index (χ1n) is 7.93. The monoisotopic (exact) mass is 295 g/mol. The summed E-state index contributed by atoms with van der Waals surface area (Å²) in [6.45, 7) is 2.57. The molecule has 0 amide bonds. The lowest BCUT2D eigenvalue weighted by molar-refractivity contribution is -0.116. The van der Waals surface area contributed by atoms with Crippen molar-refractivity contribution >= 4 is 11.6 Å². The van der Waals surface area contributed by atoms with Crippen molar-refractivity contribution in [1.82, 2.24) is 4.90 Å². The Morgan fingerprint density at radius 1 is 1.27 bits per heavy atom. The maximum atomic E-state index is 12.4. The van der Waals surface area contributed by atoms with Gasteiger partial charge in [-0.05, 0) is 50.8 Å². The van der Waals surface area contributed by atoms with Crippen molar-refractivity contribution in [3.8, 4) is 11.8 Å². The molecule has 1 unspecified atom stereocenters. The van der Waals surface area contributed by atoms with Crippen molar-refractivity contribution in [2.75, 3.05) is 13.6 Å². The molecule has 0 aliphatic heterocycles. The van der Waals surface area contributed by atoms with Gasteiger partial charge >= 0.3 is 0 Å². The van der Waals surface area contributed by atoms with Crippen molar-refractivity contribution in [2.45, 2.75) is 38.6 Å². The highest BCUT2D eigenvalue weighted by molar-refractivity contribution is 6.45. The van der Waals surface area contributed by atoms with Gasteiger partial charge in [0.15, 0.2) is 0 Å². The zero-order chi connectivity index (χ0) is 15.7. The molecule has 0 bridgehead atoms. The van der Waals surface area contributed by atoms with Crippen LogP contribution in [-0.2, 0) is 11.2 Å².